The number of carbonyl (C=O) groups is 2. The van der Waals surface area contributed by atoms with Crippen molar-refractivity contribution in [2.45, 2.75) is 64.2 Å². The average molecular weight is 617 g/mol. The summed E-state index contributed by atoms with van der Waals surface area (Å²) in [5.41, 5.74) is 10.9. The Hall–Kier alpha value is -4.56. The maximum absolute atomic E-state index is 13.2. The van der Waals surface area contributed by atoms with Gasteiger partial charge in [-0.3, -0.25) is 9.59 Å². The van der Waals surface area contributed by atoms with Gasteiger partial charge < -0.3 is 0 Å². The molecule has 0 radical (unpaired) electrons. The molecule has 1 aromatic carbocycles. The van der Waals surface area contributed by atoms with Gasteiger partial charge in [-0.15, -0.1) is 0 Å². The molecule has 0 fully saturated rings. The van der Waals surface area contributed by atoms with Gasteiger partial charge in [0.1, 0.15) is 0 Å². The zero-order valence-corrected chi connectivity index (χ0v) is 27.2. The van der Waals surface area contributed by atoms with E-state index in [1.54, 1.807) is 0 Å². The lowest BCUT2D eigenvalue weighted by atomic mass is 9.74. The van der Waals surface area contributed by atoms with Gasteiger partial charge in [0.2, 0.25) is 0 Å². The Bertz CT molecular complexity index is 1800. The Morgan fingerprint density at radius 3 is 2.36 bits per heavy atom. The van der Waals surface area contributed by atoms with Crippen molar-refractivity contribution in [2.75, 3.05) is 0 Å². The van der Waals surface area contributed by atoms with Crippen molar-refractivity contribution in [1.29, 1.82) is 0 Å². The predicted molar refractivity (Wildman–Crippen MR) is 194 cm³/mol. The maximum Gasteiger partial charge on any atom is 0.192 e. The van der Waals surface area contributed by atoms with Gasteiger partial charge in [0.05, 0.1) is 0 Å². The van der Waals surface area contributed by atoms with E-state index in [1.165, 1.54) is 33.4 Å². The lowest BCUT2D eigenvalue weighted by Crippen LogP contribution is -2.19. The highest BCUT2D eigenvalue weighted by molar-refractivity contribution is 6.10. The number of allylic oxidation sites excluding steroid dienone is 24. The van der Waals surface area contributed by atoms with E-state index in [0.29, 0.717) is 0 Å². The summed E-state index contributed by atoms with van der Waals surface area (Å²) in [6, 6.07) is 9.56. The average Bonchev–Trinajstić information content (AvgIpc) is 3.15. The Kier molecular flexibility index (Phi) is 9.56. The molecule has 0 spiro atoms. The van der Waals surface area contributed by atoms with Crippen LogP contribution in [0.4, 0.5) is 0 Å². The molecule has 236 valence electrons. The summed E-state index contributed by atoms with van der Waals surface area (Å²) in [5, 5.41) is 0. The van der Waals surface area contributed by atoms with Crippen LogP contribution in [0.15, 0.2) is 172 Å². The van der Waals surface area contributed by atoms with Gasteiger partial charge in [-0.2, -0.15) is 0 Å². The van der Waals surface area contributed by atoms with Gasteiger partial charge >= 0.3 is 0 Å². The van der Waals surface area contributed by atoms with Crippen LogP contribution in [0.3, 0.4) is 0 Å². The van der Waals surface area contributed by atoms with Crippen LogP contribution in [-0.4, -0.2) is 11.6 Å². The van der Waals surface area contributed by atoms with E-state index in [1.807, 2.05) is 36.4 Å². The van der Waals surface area contributed by atoms with Crippen molar-refractivity contribution in [2.24, 2.45) is 17.8 Å². The van der Waals surface area contributed by atoms with Crippen molar-refractivity contribution < 1.29 is 9.59 Å². The van der Waals surface area contributed by atoms with E-state index in [2.05, 4.69) is 91.1 Å². The van der Waals surface area contributed by atoms with Crippen molar-refractivity contribution >= 4 is 11.6 Å². The summed E-state index contributed by atoms with van der Waals surface area (Å²) >= 11 is 0. The minimum Gasteiger partial charge on any atom is -0.294 e. The largest absolute Gasteiger partial charge is 0.294 e. The summed E-state index contributed by atoms with van der Waals surface area (Å²) < 4.78 is 0. The normalized spacial score (nSPS) is 25.4. The SMILES string of the molecule is O=C(C1=CCC(C2=CC(C3=CCC(C(=O)C4=CCC=CC4)C=C3)CC(C3=CC=C(CC4=CCCC=C4)CC3)=C2)C=C1)c1ccccc1. The fraction of sp³-hybridized carbons (Fsp3) is 0.289. The molecule has 47 heavy (non-hydrogen) atoms. The highest BCUT2D eigenvalue weighted by Gasteiger charge is 2.28. The fourth-order valence-corrected chi connectivity index (χ4v) is 7.60. The lowest BCUT2D eigenvalue weighted by molar-refractivity contribution is -0.118. The van der Waals surface area contributed by atoms with Crippen LogP contribution < -0.4 is 0 Å². The van der Waals surface area contributed by atoms with Gasteiger partial charge in [-0.05, 0) is 97.6 Å². The molecule has 0 bridgehead atoms. The van der Waals surface area contributed by atoms with Crippen LogP contribution in [0.1, 0.15) is 74.6 Å². The molecule has 6 aliphatic rings. The summed E-state index contributed by atoms with van der Waals surface area (Å²) in [6.45, 7) is 0. The Balaban J connectivity index is 1.11. The van der Waals surface area contributed by atoms with Crippen LogP contribution in [0, 0.1) is 17.8 Å². The van der Waals surface area contributed by atoms with E-state index in [4.69, 9.17) is 0 Å². The third kappa shape index (κ3) is 7.38. The van der Waals surface area contributed by atoms with Gasteiger partial charge in [-0.1, -0.05) is 133 Å². The topological polar surface area (TPSA) is 34.1 Å². The maximum atomic E-state index is 13.2. The Morgan fingerprint density at radius 2 is 1.66 bits per heavy atom. The predicted octanol–water partition coefficient (Wildman–Crippen LogP) is 10.9. The third-order valence-corrected chi connectivity index (χ3v) is 10.4. The minimum atomic E-state index is -0.0655. The second kappa shape index (κ2) is 14.5. The van der Waals surface area contributed by atoms with Crippen molar-refractivity contribution in [3.05, 3.63) is 178 Å². The minimum absolute atomic E-state index is 0.0655. The molecule has 2 heteroatoms. The van der Waals surface area contributed by atoms with Crippen LogP contribution in [-0.2, 0) is 4.79 Å². The summed E-state index contributed by atoms with van der Waals surface area (Å²) in [6.07, 6.45) is 45.7. The van der Waals surface area contributed by atoms with E-state index >= 15 is 0 Å². The second-order valence-corrected chi connectivity index (χ2v) is 13.6. The number of benzene rings is 1. The van der Waals surface area contributed by atoms with E-state index < -0.39 is 0 Å². The third-order valence-electron chi connectivity index (χ3n) is 10.4. The van der Waals surface area contributed by atoms with E-state index in [0.717, 1.165) is 80.9 Å². The molecule has 0 saturated heterocycles. The molecule has 0 heterocycles. The van der Waals surface area contributed by atoms with Crippen LogP contribution >= 0.6 is 0 Å². The molecule has 0 N–H and O–H groups in total. The first-order chi connectivity index (χ1) is 23.1. The zero-order chi connectivity index (χ0) is 32.0. The fourth-order valence-electron chi connectivity index (χ4n) is 7.60. The van der Waals surface area contributed by atoms with Gasteiger partial charge in [0, 0.05) is 28.9 Å². The number of hydrogen-bond donors (Lipinski definition) is 0. The summed E-state index contributed by atoms with van der Waals surface area (Å²) in [5.74, 6) is 0.792. The van der Waals surface area contributed by atoms with Crippen LogP contribution in [0.5, 0.6) is 0 Å². The molecule has 7 rings (SSSR count). The van der Waals surface area contributed by atoms with Crippen molar-refractivity contribution in [3.63, 3.8) is 0 Å². The Labute approximate surface area is 280 Å². The molecule has 0 saturated carbocycles. The first-order valence-corrected chi connectivity index (χ1v) is 17.5. The smallest absolute Gasteiger partial charge is 0.192 e. The number of rotatable bonds is 9. The summed E-state index contributed by atoms with van der Waals surface area (Å²) in [7, 11) is 0. The van der Waals surface area contributed by atoms with Gasteiger partial charge in [-0.25, -0.2) is 0 Å². The highest BCUT2D eigenvalue weighted by Crippen LogP contribution is 2.41. The highest BCUT2D eigenvalue weighted by atomic mass is 16.1. The molecule has 0 aromatic heterocycles. The summed E-state index contributed by atoms with van der Waals surface area (Å²) in [4.78, 5) is 26.3. The molecular weight excluding hydrogens is 572 g/mol. The molecule has 6 aliphatic carbocycles. The van der Waals surface area contributed by atoms with Crippen molar-refractivity contribution in [1.82, 2.24) is 0 Å². The molecule has 0 aliphatic heterocycles. The second-order valence-electron chi connectivity index (χ2n) is 13.6. The quantitative estimate of drug-likeness (QED) is 0.204. The molecule has 3 unspecified atom stereocenters. The number of hydrogen-bond acceptors (Lipinski definition) is 2. The first-order valence-electron chi connectivity index (χ1n) is 17.5. The van der Waals surface area contributed by atoms with Crippen LogP contribution in [0.2, 0.25) is 0 Å². The lowest BCUT2D eigenvalue weighted by Gasteiger charge is -2.30. The number of Topliss-reactive ketones (excluding diaryl/α,β-unsaturated/α-hetero) is 2. The van der Waals surface area contributed by atoms with E-state index in [-0.39, 0.29) is 29.3 Å². The van der Waals surface area contributed by atoms with Gasteiger partial charge in [0.15, 0.2) is 11.6 Å². The van der Waals surface area contributed by atoms with E-state index in [9.17, 15) is 9.59 Å². The van der Waals surface area contributed by atoms with Crippen molar-refractivity contribution in [3.8, 4) is 0 Å². The number of ketones is 2. The molecular formula is C45H44O2. The molecule has 0 amide bonds. The first kappa shape index (κ1) is 31.1. The zero-order valence-electron chi connectivity index (χ0n) is 27.2. The molecule has 3 atom stereocenters. The molecule has 2 nitrogen and oxygen atoms in total. The number of carbonyl (C=O) groups excluding carboxylic acids is 2. The van der Waals surface area contributed by atoms with Crippen LogP contribution in [0.25, 0.3) is 0 Å². The van der Waals surface area contributed by atoms with Gasteiger partial charge in [0.25, 0.3) is 0 Å². The molecule has 1 aromatic rings. The standard InChI is InChI=1S/C45H44O2/c46-44(37-12-6-2-7-13-37)39-24-20-35(21-25-39)42-29-41(34-18-16-33(17-19-34)28-32-10-4-1-5-11-32)30-43(31-42)36-22-26-40(27-23-36)45(47)38-14-8-3-9-15-38/h2-4,6-8,10-13,15-16,18,20,22-26,29,31,35,40,43H,1,5,9,14,17,19,21,27-28,30H2. The monoisotopic (exact) mass is 616 g/mol. The Morgan fingerprint density at radius 1 is 0.745 bits per heavy atom.